The molecule has 0 aromatic carbocycles. The number of nitrogens with one attached hydrogen (secondary N) is 1. The standard InChI is InChI=1S/C12H22N2O2/c1-4-11(7-6-8-16-5-2)10(3)14-9-12(13)15/h6-7,14H,4-5,8-9H2,1-3H3,(H2,13,15)/b7-6-,11-10+. The Hall–Kier alpha value is -1.29. The number of hydrogen-bond acceptors (Lipinski definition) is 3. The van der Waals surface area contributed by atoms with Gasteiger partial charge in [-0.1, -0.05) is 19.1 Å². The van der Waals surface area contributed by atoms with Crippen LogP contribution < -0.4 is 11.1 Å². The molecule has 92 valence electrons. The summed E-state index contributed by atoms with van der Waals surface area (Å²) in [6, 6.07) is 0. The molecule has 0 aromatic heterocycles. The summed E-state index contributed by atoms with van der Waals surface area (Å²) in [6.07, 6.45) is 4.89. The van der Waals surface area contributed by atoms with Crippen molar-refractivity contribution < 1.29 is 9.53 Å². The molecule has 0 radical (unpaired) electrons. The van der Waals surface area contributed by atoms with Gasteiger partial charge < -0.3 is 15.8 Å². The molecule has 0 unspecified atom stereocenters. The number of nitrogens with two attached hydrogens (primary N) is 1. The minimum absolute atomic E-state index is 0.175. The molecule has 0 aliphatic carbocycles. The van der Waals surface area contributed by atoms with E-state index in [4.69, 9.17) is 10.5 Å². The lowest BCUT2D eigenvalue weighted by atomic mass is 10.1. The van der Waals surface area contributed by atoms with Crippen LogP contribution in [0.5, 0.6) is 0 Å². The summed E-state index contributed by atoms with van der Waals surface area (Å²) in [5, 5.41) is 2.99. The molecular weight excluding hydrogens is 204 g/mol. The molecule has 0 aromatic rings. The van der Waals surface area contributed by atoms with E-state index in [1.54, 1.807) is 0 Å². The van der Waals surface area contributed by atoms with E-state index in [0.717, 1.165) is 17.7 Å². The molecule has 0 bridgehead atoms. The van der Waals surface area contributed by atoms with Crippen molar-refractivity contribution in [2.75, 3.05) is 19.8 Å². The zero-order chi connectivity index (χ0) is 12.4. The van der Waals surface area contributed by atoms with E-state index in [1.165, 1.54) is 0 Å². The molecule has 0 saturated heterocycles. The molecule has 1 amide bonds. The predicted molar refractivity (Wildman–Crippen MR) is 65.8 cm³/mol. The average molecular weight is 226 g/mol. The Morgan fingerprint density at radius 2 is 2.12 bits per heavy atom. The van der Waals surface area contributed by atoms with Crippen LogP contribution in [0.1, 0.15) is 27.2 Å². The summed E-state index contributed by atoms with van der Waals surface area (Å²) in [4.78, 5) is 10.6. The van der Waals surface area contributed by atoms with Crippen molar-refractivity contribution in [3.05, 3.63) is 23.4 Å². The van der Waals surface area contributed by atoms with Gasteiger partial charge in [0.05, 0.1) is 13.2 Å². The number of hydrogen-bond donors (Lipinski definition) is 2. The largest absolute Gasteiger partial charge is 0.380 e. The molecular formula is C12H22N2O2. The Kier molecular flexibility index (Phi) is 8.25. The molecule has 4 nitrogen and oxygen atoms in total. The first-order valence-electron chi connectivity index (χ1n) is 5.58. The molecule has 3 N–H and O–H groups in total. The second-order valence-corrected chi connectivity index (χ2v) is 3.39. The van der Waals surface area contributed by atoms with Gasteiger partial charge in [0.2, 0.25) is 5.91 Å². The van der Waals surface area contributed by atoms with Crippen LogP contribution in [0.4, 0.5) is 0 Å². The molecule has 0 aliphatic heterocycles. The third-order valence-electron chi connectivity index (χ3n) is 2.13. The zero-order valence-corrected chi connectivity index (χ0v) is 10.4. The first-order valence-corrected chi connectivity index (χ1v) is 5.58. The highest BCUT2D eigenvalue weighted by Crippen LogP contribution is 2.07. The van der Waals surface area contributed by atoms with Crippen LogP contribution in [0, 0.1) is 0 Å². The van der Waals surface area contributed by atoms with Crippen molar-refractivity contribution in [3.8, 4) is 0 Å². The summed E-state index contributed by atoms with van der Waals surface area (Å²) in [7, 11) is 0. The highest BCUT2D eigenvalue weighted by Gasteiger charge is 1.98. The fraction of sp³-hybridized carbons (Fsp3) is 0.583. The maximum Gasteiger partial charge on any atom is 0.236 e. The number of carbonyl (C=O) groups is 1. The Morgan fingerprint density at radius 1 is 1.44 bits per heavy atom. The van der Waals surface area contributed by atoms with Gasteiger partial charge in [0.15, 0.2) is 0 Å². The number of ether oxygens (including phenoxy) is 1. The monoisotopic (exact) mass is 226 g/mol. The van der Waals surface area contributed by atoms with Crippen LogP contribution in [0.3, 0.4) is 0 Å². The predicted octanol–water partition coefficient (Wildman–Crippen LogP) is 1.34. The second-order valence-electron chi connectivity index (χ2n) is 3.39. The summed E-state index contributed by atoms with van der Waals surface area (Å²) >= 11 is 0. The van der Waals surface area contributed by atoms with E-state index in [2.05, 4.69) is 12.2 Å². The topological polar surface area (TPSA) is 64.3 Å². The number of allylic oxidation sites excluding steroid dienone is 3. The normalized spacial score (nSPS) is 12.7. The van der Waals surface area contributed by atoms with Gasteiger partial charge in [0.1, 0.15) is 0 Å². The lowest BCUT2D eigenvalue weighted by Crippen LogP contribution is -2.27. The smallest absolute Gasteiger partial charge is 0.236 e. The van der Waals surface area contributed by atoms with Gasteiger partial charge in [-0.15, -0.1) is 0 Å². The lowest BCUT2D eigenvalue weighted by molar-refractivity contribution is -0.117. The van der Waals surface area contributed by atoms with Crippen LogP contribution in [0.2, 0.25) is 0 Å². The fourth-order valence-corrected chi connectivity index (χ4v) is 1.22. The van der Waals surface area contributed by atoms with Crippen LogP contribution in [0.25, 0.3) is 0 Å². The molecule has 0 aliphatic rings. The summed E-state index contributed by atoms with van der Waals surface area (Å²) in [6.45, 7) is 7.47. The van der Waals surface area contributed by atoms with Crippen molar-refractivity contribution in [1.82, 2.24) is 5.32 Å². The third-order valence-corrected chi connectivity index (χ3v) is 2.13. The molecule has 16 heavy (non-hydrogen) atoms. The Bertz CT molecular complexity index is 270. The van der Waals surface area contributed by atoms with E-state index in [0.29, 0.717) is 13.2 Å². The lowest BCUT2D eigenvalue weighted by Gasteiger charge is -2.08. The van der Waals surface area contributed by atoms with Gasteiger partial charge in [-0.05, 0) is 25.8 Å². The van der Waals surface area contributed by atoms with Gasteiger partial charge in [-0.2, -0.15) is 0 Å². The van der Waals surface area contributed by atoms with Crippen LogP contribution in [-0.4, -0.2) is 25.7 Å². The van der Waals surface area contributed by atoms with Crippen LogP contribution in [0.15, 0.2) is 23.4 Å². The average Bonchev–Trinajstić information content (AvgIpc) is 2.26. The summed E-state index contributed by atoms with van der Waals surface area (Å²) in [5.41, 5.74) is 7.19. The van der Waals surface area contributed by atoms with Gasteiger partial charge in [-0.3, -0.25) is 4.79 Å². The minimum atomic E-state index is -0.354. The number of amides is 1. The second kappa shape index (κ2) is 8.97. The zero-order valence-electron chi connectivity index (χ0n) is 10.4. The minimum Gasteiger partial charge on any atom is -0.380 e. The van der Waals surface area contributed by atoms with E-state index in [9.17, 15) is 4.79 Å². The van der Waals surface area contributed by atoms with E-state index in [-0.39, 0.29) is 12.5 Å². The van der Waals surface area contributed by atoms with Crippen molar-refractivity contribution >= 4 is 5.91 Å². The van der Waals surface area contributed by atoms with Gasteiger partial charge >= 0.3 is 0 Å². The van der Waals surface area contributed by atoms with E-state index in [1.807, 2.05) is 26.0 Å². The Labute approximate surface area is 97.5 Å². The Balaban J connectivity index is 4.25. The maximum atomic E-state index is 10.6. The SMILES string of the molecule is CCOC/C=C\C(CC)=C(/C)NCC(N)=O. The fourth-order valence-electron chi connectivity index (χ4n) is 1.22. The highest BCUT2D eigenvalue weighted by molar-refractivity contribution is 5.76. The molecule has 0 rings (SSSR count). The molecule has 0 saturated carbocycles. The van der Waals surface area contributed by atoms with Gasteiger partial charge in [0, 0.05) is 12.3 Å². The number of carbonyl (C=O) groups excluding carboxylic acids is 1. The van der Waals surface area contributed by atoms with Crippen LogP contribution in [-0.2, 0) is 9.53 Å². The number of rotatable bonds is 8. The third kappa shape index (κ3) is 7.06. The van der Waals surface area contributed by atoms with E-state index < -0.39 is 0 Å². The van der Waals surface area contributed by atoms with Gasteiger partial charge in [-0.25, -0.2) is 0 Å². The maximum absolute atomic E-state index is 10.6. The quantitative estimate of drug-likeness (QED) is 0.485. The molecule has 4 heteroatoms. The summed E-state index contributed by atoms with van der Waals surface area (Å²) < 4.78 is 5.20. The first-order chi connectivity index (χ1) is 7.61. The van der Waals surface area contributed by atoms with Crippen molar-refractivity contribution in [3.63, 3.8) is 0 Å². The van der Waals surface area contributed by atoms with Crippen molar-refractivity contribution in [2.24, 2.45) is 5.73 Å². The Morgan fingerprint density at radius 3 is 2.62 bits per heavy atom. The summed E-state index contributed by atoms with van der Waals surface area (Å²) in [5.74, 6) is -0.354. The molecule has 0 spiro atoms. The molecule has 0 heterocycles. The van der Waals surface area contributed by atoms with Gasteiger partial charge in [0.25, 0.3) is 0 Å². The van der Waals surface area contributed by atoms with Crippen molar-refractivity contribution in [1.29, 1.82) is 0 Å². The van der Waals surface area contributed by atoms with Crippen molar-refractivity contribution in [2.45, 2.75) is 27.2 Å². The number of primary amides is 1. The van der Waals surface area contributed by atoms with E-state index >= 15 is 0 Å². The molecule has 0 fully saturated rings. The highest BCUT2D eigenvalue weighted by atomic mass is 16.5. The van der Waals surface area contributed by atoms with Crippen LogP contribution >= 0.6 is 0 Å². The first kappa shape index (κ1) is 14.7. The molecule has 0 atom stereocenters.